The summed E-state index contributed by atoms with van der Waals surface area (Å²) in [5, 5.41) is 1.05. The average Bonchev–Trinajstić information content (AvgIpc) is 2.20. The number of rotatable bonds is 4. The highest BCUT2D eigenvalue weighted by Crippen LogP contribution is 2.26. The Morgan fingerprint density at radius 2 is 1.93 bits per heavy atom. The summed E-state index contributed by atoms with van der Waals surface area (Å²) in [5.74, 6) is 0.0987. The standard InChI is InChI=1S/C12H14Cl2O/c1-3-4-5-12(15)9-6-8(2)10(13)7-11(9)14/h6-7H,3-5H2,1-2H3. The maximum Gasteiger partial charge on any atom is 0.164 e. The van der Waals surface area contributed by atoms with Gasteiger partial charge in [-0.2, -0.15) is 0 Å². The van der Waals surface area contributed by atoms with Gasteiger partial charge in [0.05, 0.1) is 5.02 Å². The number of aryl methyl sites for hydroxylation is 1. The second kappa shape index (κ2) is 5.53. The van der Waals surface area contributed by atoms with E-state index in [4.69, 9.17) is 23.2 Å². The zero-order valence-electron chi connectivity index (χ0n) is 8.94. The minimum absolute atomic E-state index is 0.0987. The summed E-state index contributed by atoms with van der Waals surface area (Å²) in [7, 11) is 0. The van der Waals surface area contributed by atoms with E-state index in [9.17, 15) is 4.79 Å². The van der Waals surface area contributed by atoms with E-state index in [0.29, 0.717) is 22.0 Å². The third kappa shape index (κ3) is 3.22. The number of ketones is 1. The van der Waals surface area contributed by atoms with E-state index in [1.807, 2.05) is 6.92 Å². The molecule has 0 aliphatic rings. The molecule has 0 radical (unpaired) electrons. The van der Waals surface area contributed by atoms with Gasteiger partial charge in [0, 0.05) is 17.0 Å². The van der Waals surface area contributed by atoms with Gasteiger partial charge in [0.25, 0.3) is 0 Å². The third-order valence-electron chi connectivity index (χ3n) is 2.31. The van der Waals surface area contributed by atoms with Crippen LogP contribution in [-0.4, -0.2) is 5.78 Å². The number of halogens is 2. The van der Waals surface area contributed by atoms with Crippen molar-refractivity contribution in [3.63, 3.8) is 0 Å². The summed E-state index contributed by atoms with van der Waals surface area (Å²) in [6.45, 7) is 3.93. The minimum atomic E-state index is 0.0987. The molecule has 0 saturated carbocycles. The summed E-state index contributed by atoms with van der Waals surface area (Å²) in [5.41, 5.74) is 1.48. The van der Waals surface area contributed by atoms with Gasteiger partial charge in [-0.15, -0.1) is 0 Å². The van der Waals surface area contributed by atoms with Crippen molar-refractivity contribution in [3.05, 3.63) is 33.3 Å². The number of unbranched alkanes of at least 4 members (excludes halogenated alkanes) is 1. The molecule has 0 fully saturated rings. The van der Waals surface area contributed by atoms with Crippen LogP contribution in [0, 0.1) is 6.92 Å². The van der Waals surface area contributed by atoms with Crippen molar-refractivity contribution in [2.75, 3.05) is 0 Å². The quantitative estimate of drug-likeness (QED) is 0.704. The van der Waals surface area contributed by atoms with E-state index in [2.05, 4.69) is 6.92 Å². The van der Waals surface area contributed by atoms with Crippen molar-refractivity contribution in [1.82, 2.24) is 0 Å². The Balaban J connectivity index is 2.94. The topological polar surface area (TPSA) is 17.1 Å². The van der Waals surface area contributed by atoms with Crippen LogP contribution in [0.5, 0.6) is 0 Å². The van der Waals surface area contributed by atoms with E-state index < -0.39 is 0 Å². The second-order valence-electron chi connectivity index (χ2n) is 3.61. The highest BCUT2D eigenvalue weighted by Gasteiger charge is 2.11. The molecule has 0 amide bonds. The molecule has 3 heteroatoms. The van der Waals surface area contributed by atoms with Crippen molar-refractivity contribution >= 4 is 29.0 Å². The number of carbonyl (C=O) groups excluding carboxylic acids is 1. The normalized spacial score (nSPS) is 10.4. The summed E-state index contributed by atoms with van der Waals surface area (Å²) >= 11 is 11.9. The summed E-state index contributed by atoms with van der Waals surface area (Å²) in [6.07, 6.45) is 2.46. The molecule has 0 aliphatic carbocycles. The molecule has 0 atom stereocenters. The van der Waals surface area contributed by atoms with Crippen LogP contribution in [0.25, 0.3) is 0 Å². The zero-order chi connectivity index (χ0) is 11.4. The Kier molecular flexibility index (Phi) is 4.62. The van der Waals surface area contributed by atoms with Crippen LogP contribution in [0.4, 0.5) is 0 Å². The fourth-order valence-electron chi connectivity index (χ4n) is 1.34. The molecule has 1 aromatic rings. The predicted molar refractivity (Wildman–Crippen MR) is 65.1 cm³/mol. The van der Waals surface area contributed by atoms with Crippen LogP contribution in [0.15, 0.2) is 12.1 Å². The molecule has 0 spiro atoms. The SMILES string of the molecule is CCCCC(=O)c1cc(C)c(Cl)cc1Cl. The maximum atomic E-state index is 11.8. The third-order valence-corrected chi connectivity index (χ3v) is 3.03. The lowest BCUT2D eigenvalue weighted by Crippen LogP contribution is -2.00. The number of Topliss-reactive ketones (excluding diaryl/α,β-unsaturated/α-hetero) is 1. The fraction of sp³-hybridized carbons (Fsp3) is 0.417. The van der Waals surface area contributed by atoms with Gasteiger partial charge in [-0.25, -0.2) is 0 Å². The van der Waals surface area contributed by atoms with Gasteiger partial charge in [-0.05, 0) is 31.0 Å². The predicted octanol–water partition coefficient (Wildman–Crippen LogP) is 4.67. The monoisotopic (exact) mass is 244 g/mol. The lowest BCUT2D eigenvalue weighted by atomic mass is 10.0. The maximum absolute atomic E-state index is 11.8. The van der Waals surface area contributed by atoms with E-state index in [1.165, 1.54) is 0 Å². The van der Waals surface area contributed by atoms with Crippen LogP contribution in [0.2, 0.25) is 10.0 Å². The van der Waals surface area contributed by atoms with Crippen molar-refractivity contribution in [3.8, 4) is 0 Å². The largest absolute Gasteiger partial charge is 0.294 e. The van der Waals surface area contributed by atoms with Gasteiger partial charge in [0.15, 0.2) is 5.78 Å². The molecular formula is C12H14Cl2O. The van der Waals surface area contributed by atoms with E-state index in [-0.39, 0.29) is 5.78 Å². The Morgan fingerprint density at radius 3 is 2.53 bits per heavy atom. The first-order valence-corrected chi connectivity index (χ1v) is 5.80. The number of carbonyl (C=O) groups is 1. The van der Waals surface area contributed by atoms with Gasteiger partial charge in [-0.3, -0.25) is 4.79 Å². The highest BCUT2D eigenvalue weighted by atomic mass is 35.5. The van der Waals surface area contributed by atoms with Crippen LogP contribution >= 0.6 is 23.2 Å². The van der Waals surface area contributed by atoms with E-state index >= 15 is 0 Å². The van der Waals surface area contributed by atoms with Gasteiger partial charge >= 0.3 is 0 Å². The molecule has 0 saturated heterocycles. The molecule has 82 valence electrons. The molecule has 0 N–H and O–H groups in total. The smallest absolute Gasteiger partial charge is 0.164 e. The lowest BCUT2D eigenvalue weighted by molar-refractivity contribution is 0.0980. The van der Waals surface area contributed by atoms with Crippen LogP contribution in [0.1, 0.15) is 42.1 Å². The number of benzene rings is 1. The Bertz CT molecular complexity index is 372. The summed E-state index contributed by atoms with van der Waals surface area (Å²) in [4.78, 5) is 11.8. The molecule has 15 heavy (non-hydrogen) atoms. The van der Waals surface area contributed by atoms with Crippen molar-refractivity contribution in [1.29, 1.82) is 0 Å². The lowest BCUT2D eigenvalue weighted by Gasteiger charge is -2.06. The molecule has 1 nitrogen and oxygen atoms in total. The molecule has 0 bridgehead atoms. The van der Waals surface area contributed by atoms with Gasteiger partial charge in [-0.1, -0.05) is 36.5 Å². The minimum Gasteiger partial charge on any atom is -0.294 e. The first kappa shape index (κ1) is 12.5. The van der Waals surface area contributed by atoms with Crippen molar-refractivity contribution < 1.29 is 4.79 Å². The first-order valence-electron chi connectivity index (χ1n) is 5.05. The van der Waals surface area contributed by atoms with Gasteiger partial charge in [0.1, 0.15) is 0 Å². The Hall–Kier alpha value is -0.530. The molecule has 0 heterocycles. The van der Waals surface area contributed by atoms with Gasteiger partial charge in [0.2, 0.25) is 0 Å². The van der Waals surface area contributed by atoms with E-state index in [0.717, 1.165) is 18.4 Å². The molecule has 0 aliphatic heterocycles. The summed E-state index contributed by atoms with van der Waals surface area (Å²) < 4.78 is 0. The summed E-state index contributed by atoms with van der Waals surface area (Å²) in [6, 6.07) is 3.40. The van der Waals surface area contributed by atoms with Crippen LogP contribution < -0.4 is 0 Å². The number of hydrogen-bond donors (Lipinski definition) is 0. The Labute approximate surface area is 100 Å². The van der Waals surface area contributed by atoms with Crippen molar-refractivity contribution in [2.45, 2.75) is 33.1 Å². The number of hydrogen-bond acceptors (Lipinski definition) is 1. The second-order valence-corrected chi connectivity index (χ2v) is 4.42. The molecule has 0 aromatic heterocycles. The molecular weight excluding hydrogens is 231 g/mol. The molecule has 1 aromatic carbocycles. The fourth-order valence-corrected chi connectivity index (χ4v) is 1.83. The van der Waals surface area contributed by atoms with Crippen LogP contribution in [-0.2, 0) is 0 Å². The average molecular weight is 245 g/mol. The van der Waals surface area contributed by atoms with Crippen LogP contribution in [0.3, 0.4) is 0 Å². The zero-order valence-corrected chi connectivity index (χ0v) is 10.5. The molecule has 1 rings (SSSR count). The highest BCUT2D eigenvalue weighted by molar-refractivity contribution is 6.37. The Morgan fingerprint density at radius 1 is 1.27 bits per heavy atom. The first-order chi connectivity index (χ1) is 7.06. The van der Waals surface area contributed by atoms with Crippen molar-refractivity contribution in [2.24, 2.45) is 0 Å². The van der Waals surface area contributed by atoms with E-state index in [1.54, 1.807) is 12.1 Å². The van der Waals surface area contributed by atoms with Gasteiger partial charge < -0.3 is 0 Å². The molecule has 0 unspecified atom stereocenters.